The number of hydrogen-bond donors (Lipinski definition) is 3. The van der Waals surface area contributed by atoms with Gasteiger partial charge in [0.25, 0.3) is 5.91 Å². The predicted molar refractivity (Wildman–Crippen MR) is 110 cm³/mol. The summed E-state index contributed by atoms with van der Waals surface area (Å²) in [6.07, 6.45) is 8.29. The molecule has 1 saturated carbocycles. The predicted octanol–water partition coefficient (Wildman–Crippen LogP) is 2.96. The number of carbonyl (C=O) groups excluding carboxylic acids is 2. The minimum absolute atomic E-state index is 0.0346. The van der Waals surface area contributed by atoms with Crippen molar-refractivity contribution in [2.75, 3.05) is 25.4 Å². The Kier molecular flexibility index (Phi) is 8.02. The largest absolute Gasteiger partial charge is 0.355 e. The Morgan fingerprint density at radius 2 is 1.78 bits per heavy atom. The normalized spacial score (nSPS) is 18.8. The number of piperidine rings is 1. The monoisotopic (exact) mass is 389 g/mol. The molecule has 1 heterocycles. The molecule has 27 heavy (non-hydrogen) atoms. The molecule has 1 saturated heterocycles. The fraction of sp³-hybridized carbons (Fsp3) is 0.619. The van der Waals surface area contributed by atoms with Gasteiger partial charge in [-0.3, -0.25) is 9.59 Å². The van der Waals surface area contributed by atoms with Crippen molar-refractivity contribution in [1.82, 2.24) is 16.0 Å². The van der Waals surface area contributed by atoms with E-state index >= 15 is 0 Å². The van der Waals surface area contributed by atoms with E-state index in [9.17, 15) is 9.59 Å². The highest BCUT2D eigenvalue weighted by atomic mass is 32.2. The smallest absolute Gasteiger partial charge is 0.252 e. The molecular formula is C21H31N3O2S. The molecule has 3 N–H and O–H groups in total. The number of hydrogen-bond acceptors (Lipinski definition) is 4. The maximum absolute atomic E-state index is 12.7. The molecule has 2 aliphatic rings. The summed E-state index contributed by atoms with van der Waals surface area (Å²) in [7, 11) is 0. The second-order valence-corrected chi connectivity index (χ2v) is 8.61. The molecule has 1 aromatic carbocycles. The van der Waals surface area contributed by atoms with Gasteiger partial charge >= 0.3 is 0 Å². The first-order valence-corrected chi connectivity index (χ1v) is 11.2. The molecule has 0 aromatic heterocycles. The van der Waals surface area contributed by atoms with E-state index in [0.717, 1.165) is 37.4 Å². The third-order valence-electron chi connectivity index (χ3n) is 5.48. The van der Waals surface area contributed by atoms with Crippen molar-refractivity contribution in [3.63, 3.8) is 0 Å². The van der Waals surface area contributed by atoms with Crippen LogP contribution in [0.1, 0.15) is 55.3 Å². The van der Waals surface area contributed by atoms with Crippen molar-refractivity contribution >= 4 is 23.6 Å². The molecule has 1 aliphatic carbocycles. The SMILES string of the molecule is O=C(CSc1ccccc1C(=O)NC1CCNCC1)NCC1CCCCC1. The fourth-order valence-electron chi connectivity index (χ4n) is 3.85. The van der Waals surface area contributed by atoms with Gasteiger partial charge in [0, 0.05) is 17.5 Å². The highest BCUT2D eigenvalue weighted by molar-refractivity contribution is 8.00. The van der Waals surface area contributed by atoms with Crippen LogP contribution in [0.3, 0.4) is 0 Å². The van der Waals surface area contributed by atoms with Crippen molar-refractivity contribution < 1.29 is 9.59 Å². The zero-order valence-corrected chi connectivity index (χ0v) is 16.8. The van der Waals surface area contributed by atoms with Crippen molar-refractivity contribution in [3.8, 4) is 0 Å². The van der Waals surface area contributed by atoms with E-state index in [1.807, 2.05) is 24.3 Å². The first-order valence-electron chi connectivity index (χ1n) is 10.2. The molecule has 1 aliphatic heterocycles. The molecule has 3 rings (SSSR count). The average Bonchev–Trinajstić information content (AvgIpc) is 2.72. The molecule has 0 spiro atoms. The number of rotatable bonds is 7. The van der Waals surface area contributed by atoms with E-state index in [2.05, 4.69) is 16.0 Å². The van der Waals surface area contributed by atoms with Crippen LogP contribution in [0.4, 0.5) is 0 Å². The first-order chi connectivity index (χ1) is 13.2. The Morgan fingerprint density at radius 3 is 2.56 bits per heavy atom. The van der Waals surface area contributed by atoms with Gasteiger partial charge in [0.15, 0.2) is 0 Å². The number of benzene rings is 1. The summed E-state index contributed by atoms with van der Waals surface area (Å²) in [5, 5.41) is 9.52. The van der Waals surface area contributed by atoms with Gasteiger partial charge in [-0.15, -0.1) is 11.8 Å². The Balaban J connectivity index is 1.47. The third-order valence-corrected chi connectivity index (χ3v) is 6.55. The molecule has 0 unspecified atom stereocenters. The second-order valence-electron chi connectivity index (χ2n) is 7.59. The van der Waals surface area contributed by atoms with Crippen LogP contribution in [0.15, 0.2) is 29.2 Å². The van der Waals surface area contributed by atoms with E-state index in [1.165, 1.54) is 43.9 Å². The first kappa shape index (κ1) is 20.2. The zero-order chi connectivity index (χ0) is 18.9. The topological polar surface area (TPSA) is 70.2 Å². The van der Waals surface area contributed by atoms with Crippen LogP contribution < -0.4 is 16.0 Å². The quantitative estimate of drug-likeness (QED) is 0.627. The standard InChI is InChI=1S/C21H31N3O2S/c25-20(23-14-16-6-2-1-3-7-16)15-27-19-9-5-4-8-18(19)21(26)24-17-10-12-22-13-11-17/h4-5,8-9,16-17,22H,1-3,6-7,10-15H2,(H,23,25)(H,24,26). The lowest BCUT2D eigenvalue weighted by Crippen LogP contribution is -2.42. The molecule has 5 nitrogen and oxygen atoms in total. The lowest BCUT2D eigenvalue weighted by molar-refractivity contribution is -0.118. The highest BCUT2D eigenvalue weighted by Gasteiger charge is 2.19. The molecule has 6 heteroatoms. The number of carbonyl (C=O) groups is 2. The van der Waals surface area contributed by atoms with E-state index in [4.69, 9.17) is 0 Å². The maximum atomic E-state index is 12.7. The maximum Gasteiger partial charge on any atom is 0.252 e. The minimum Gasteiger partial charge on any atom is -0.355 e. The second kappa shape index (κ2) is 10.7. The minimum atomic E-state index is -0.0346. The Bertz CT molecular complexity index is 626. The molecule has 0 radical (unpaired) electrons. The summed E-state index contributed by atoms with van der Waals surface area (Å²) >= 11 is 1.45. The van der Waals surface area contributed by atoms with Crippen LogP contribution in [-0.4, -0.2) is 43.2 Å². The molecule has 0 bridgehead atoms. The van der Waals surface area contributed by atoms with E-state index < -0.39 is 0 Å². The summed E-state index contributed by atoms with van der Waals surface area (Å²) < 4.78 is 0. The summed E-state index contributed by atoms with van der Waals surface area (Å²) in [6.45, 7) is 2.68. The molecule has 148 valence electrons. The number of nitrogens with one attached hydrogen (secondary N) is 3. The summed E-state index contributed by atoms with van der Waals surface area (Å²) in [5.74, 6) is 1.01. The Labute approximate surface area is 166 Å². The molecule has 2 amide bonds. The summed E-state index contributed by atoms with van der Waals surface area (Å²) in [5.41, 5.74) is 0.668. The van der Waals surface area contributed by atoms with Gasteiger partial charge in [-0.1, -0.05) is 31.4 Å². The molecule has 1 aromatic rings. The Hall–Kier alpha value is -1.53. The van der Waals surface area contributed by atoms with Gasteiger partial charge in [-0.2, -0.15) is 0 Å². The van der Waals surface area contributed by atoms with Crippen LogP contribution >= 0.6 is 11.8 Å². The number of thioether (sulfide) groups is 1. The third kappa shape index (κ3) is 6.54. The zero-order valence-electron chi connectivity index (χ0n) is 16.0. The lowest BCUT2D eigenvalue weighted by Gasteiger charge is -2.24. The van der Waals surface area contributed by atoms with Gasteiger partial charge in [-0.25, -0.2) is 0 Å². The van der Waals surface area contributed by atoms with Gasteiger partial charge in [0.2, 0.25) is 5.91 Å². The van der Waals surface area contributed by atoms with Crippen LogP contribution in [0.25, 0.3) is 0 Å². The molecule has 0 atom stereocenters. The van der Waals surface area contributed by atoms with Crippen LogP contribution in [0.2, 0.25) is 0 Å². The van der Waals surface area contributed by atoms with Crippen LogP contribution in [0.5, 0.6) is 0 Å². The highest BCUT2D eigenvalue weighted by Crippen LogP contribution is 2.24. The van der Waals surface area contributed by atoms with Crippen LogP contribution in [-0.2, 0) is 4.79 Å². The average molecular weight is 390 g/mol. The summed E-state index contributed by atoms with van der Waals surface area (Å²) in [4.78, 5) is 25.8. The Morgan fingerprint density at radius 1 is 1.04 bits per heavy atom. The van der Waals surface area contributed by atoms with Gasteiger partial charge in [-0.05, 0) is 56.8 Å². The van der Waals surface area contributed by atoms with Gasteiger partial charge < -0.3 is 16.0 Å². The van der Waals surface area contributed by atoms with Gasteiger partial charge in [0.1, 0.15) is 0 Å². The van der Waals surface area contributed by atoms with Crippen molar-refractivity contribution in [1.29, 1.82) is 0 Å². The summed E-state index contributed by atoms with van der Waals surface area (Å²) in [6, 6.07) is 7.80. The fourth-order valence-corrected chi connectivity index (χ4v) is 4.73. The van der Waals surface area contributed by atoms with Crippen molar-refractivity contribution in [2.24, 2.45) is 5.92 Å². The van der Waals surface area contributed by atoms with Crippen molar-refractivity contribution in [3.05, 3.63) is 29.8 Å². The molecule has 2 fully saturated rings. The van der Waals surface area contributed by atoms with E-state index in [0.29, 0.717) is 17.2 Å². The van der Waals surface area contributed by atoms with Crippen molar-refractivity contribution in [2.45, 2.75) is 55.9 Å². The van der Waals surface area contributed by atoms with E-state index in [1.54, 1.807) is 0 Å². The molecular weight excluding hydrogens is 358 g/mol. The van der Waals surface area contributed by atoms with Gasteiger partial charge in [0.05, 0.1) is 11.3 Å². The lowest BCUT2D eigenvalue weighted by atomic mass is 9.89. The number of amides is 2. The van der Waals surface area contributed by atoms with Crippen LogP contribution in [0, 0.1) is 5.92 Å². The van der Waals surface area contributed by atoms with E-state index in [-0.39, 0.29) is 17.9 Å².